The van der Waals surface area contributed by atoms with Crippen molar-refractivity contribution >= 4 is 29.5 Å². The Morgan fingerprint density at radius 2 is 1.88 bits per heavy atom. The van der Waals surface area contributed by atoms with Crippen molar-refractivity contribution in [3.63, 3.8) is 0 Å². The van der Waals surface area contributed by atoms with Crippen LogP contribution >= 0.6 is 11.6 Å². The molecule has 1 aromatic heterocycles. The molecule has 2 aromatic carbocycles. The van der Waals surface area contributed by atoms with Gasteiger partial charge in [0.15, 0.2) is 0 Å². The second-order valence-corrected chi connectivity index (χ2v) is 5.92. The normalized spacial score (nSPS) is 11.0. The lowest BCUT2D eigenvalue weighted by molar-refractivity contribution is 0.0600. The molecule has 0 saturated carbocycles. The van der Waals surface area contributed by atoms with Crippen LogP contribution in [0.25, 0.3) is 5.69 Å². The number of nitrogens with zero attached hydrogens (tertiary/aromatic N) is 2. The maximum Gasteiger partial charge on any atom is 0.338 e. The second-order valence-electron chi connectivity index (χ2n) is 5.48. The molecule has 0 fully saturated rings. The molecular weight excluding hydrogens is 336 g/mol. The Hall–Kier alpha value is -2.85. The van der Waals surface area contributed by atoms with Crippen LogP contribution in [0.4, 0.5) is 5.69 Å². The largest absolute Gasteiger partial charge is 0.465 e. The fourth-order valence-electron chi connectivity index (χ4n) is 2.57. The third-order valence-electron chi connectivity index (χ3n) is 3.93. The monoisotopic (exact) mass is 352 g/mol. The molecule has 0 aliphatic heterocycles. The van der Waals surface area contributed by atoms with E-state index in [4.69, 9.17) is 16.3 Å². The summed E-state index contributed by atoms with van der Waals surface area (Å²) in [6.07, 6.45) is 3.74. The van der Waals surface area contributed by atoms with Crippen LogP contribution in [0.15, 0.2) is 65.8 Å². The maximum atomic E-state index is 11.8. The molecule has 0 atom stereocenters. The van der Waals surface area contributed by atoms with E-state index < -0.39 is 0 Å². The average molecular weight is 353 g/mol. The zero-order valence-corrected chi connectivity index (χ0v) is 14.7. The van der Waals surface area contributed by atoms with Crippen molar-refractivity contribution < 1.29 is 9.53 Å². The highest BCUT2D eigenvalue weighted by Crippen LogP contribution is 2.23. The molecule has 126 valence electrons. The molecule has 0 radical (unpaired) electrons. The Morgan fingerprint density at radius 1 is 1.12 bits per heavy atom. The standard InChI is InChI=1S/C20H17ClN2O2/c1-14-18(20(24)25-2)6-3-7-19(14)22-13-17-5-4-12-23(17)16-10-8-15(21)9-11-16/h3-13H,1-2H3. The number of aliphatic imine (C=N–C) groups is 1. The first-order valence-electron chi connectivity index (χ1n) is 7.75. The first-order chi connectivity index (χ1) is 12.1. The molecule has 0 saturated heterocycles. The van der Waals surface area contributed by atoms with Gasteiger partial charge in [0.2, 0.25) is 0 Å². The van der Waals surface area contributed by atoms with E-state index in [1.807, 2.05) is 60.2 Å². The quantitative estimate of drug-likeness (QED) is 0.491. The molecule has 5 heteroatoms. The molecule has 3 aromatic rings. The lowest BCUT2D eigenvalue weighted by Gasteiger charge is -2.08. The Morgan fingerprint density at radius 3 is 2.60 bits per heavy atom. The summed E-state index contributed by atoms with van der Waals surface area (Å²) in [5.41, 5.74) is 3.95. The van der Waals surface area contributed by atoms with Crippen molar-refractivity contribution in [3.8, 4) is 5.69 Å². The van der Waals surface area contributed by atoms with Crippen LogP contribution in [0.2, 0.25) is 5.02 Å². The lowest BCUT2D eigenvalue weighted by Crippen LogP contribution is -2.03. The van der Waals surface area contributed by atoms with Crippen LogP contribution in [0.5, 0.6) is 0 Å². The molecule has 0 unspecified atom stereocenters. The third kappa shape index (κ3) is 3.64. The molecule has 4 nitrogen and oxygen atoms in total. The molecule has 0 spiro atoms. The average Bonchev–Trinajstić information content (AvgIpc) is 3.09. The summed E-state index contributed by atoms with van der Waals surface area (Å²) < 4.78 is 6.82. The number of rotatable bonds is 4. The van der Waals surface area contributed by atoms with Gasteiger partial charge in [-0.05, 0) is 61.0 Å². The fourth-order valence-corrected chi connectivity index (χ4v) is 2.69. The summed E-state index contributed by atoms with van der Waals surface area (Å²) >= 11 is 5.95. The minimum Gasteiger partial charge on any atom is -0.465 e. The van der Waals surface area contributed by atoms with E-state index >= 15 is 0 Å². The number of halogens is 1. The number of hydrogen-bond donors (Lipinski definition) is 0. The van der Waals surface area contributed by atoms with Crippen molar-refractivity contribution in [2.75, 3.05) is 7.11 Å². The van der Waals surface area contributed by atoms with Gasteiger partial charge < -0.3 is 9.30 Å². The first kappa shape index (κ1) is 17.0. The molecule has 25 heavy (non-hydrogen) atoms. The highest BCUT2D eigenvalue weighted by Gasteiger charge is 2.11. The summed E-state index contributed by atoms with van der Waals surface area (Å²) in [6, 6.07) is 16.9. The number of carbonyl (C=O) groups is 1. The van der Waals surface area contributed by atoms with Crippen molar-refractivity contribution in [2.24, 2.45) is 4.99 Å². The van der Waals surface area contributed by atoms with Gasteiger partial charge in [0.1, 0.15) is 0 Å². The van der Waals surface area contributed by atoms with Gasteiger partial charge in [-0.3, -0.25) is 4.99 Å². The maximum absolute atomic E-state index is 11.8. The highest BCUT2D eigenvalue weighted by molar-refractivity contribution is 6.30. The number of benzene rings is 2. The van der Waals surface area contributed by atoms with Gasteiger partial charge in [0.05, 0.1) is 30.3 Å². The van der Waals surface area contributed by atoms with Gasteiger partial charge in [-0.1, -0.05) is 17.7 Å². The predicted octanol–water partition coefficient (Wildman–Crippen LogP) is 4.98. The van der Waals surface area contributed by atoms with Gasteiger partial charge in [-0.15, -0.1) is 0 Å². The summed E-state index contributed by atoms with van der Waals surface area (Å²) in [4.78, 5) is 16.3. The first-order valence-corrected chi connectivity index (χ1v) is 8.13. The van der Waals surface area contributed by atoms with Crippen molar-refractivity contribution in [1.29, 1.82) is 0 Å². The summed E-state index contributed by atoms with van der Waals surface area (Å²) in [5, 5.41) is 0.696. The van der Waals surface area contributed by atoms with E-state index in [-0.39, 0.29) is 5.97 Å². The lowest BCUT2D eigenvalue weighted by atomic mass is 10.1. The Kier molecular flexibility index (Phi) is 5.00. The predicted molar refractivity (Wildman–Crippen MR) is 101 cm³/mol. The van der Waals surface area contributed by atoms with E-state index in [1.54, 1.807) is 18.3 Å². The Labute approximate surface area is 151 Å². The fraction of sp³-hybridized carbons (Fsp3) is 0.100. The van der Waals surface area contributed by atoms with Crippen LogP contribution in [0.1, 0.15) is 21.6 Å². The van der Waals surface area contributed by atoms with Crippen LogP contribution in [-0.2, 0) is 4.74 Å². The number of methoxy groups -OCH3 is 1. The van der Waals surface area contributed by atoms with Crippen LogP contribution < -0.4 is 0 Å². The SMILES string of the molecule is COC(=O)c1cccc(N=Cc2cccn2-c2ccc(Cl)cc2)c1C. The number of hydrogen-bond acceptors (Lipinski definition) is 3. The van der Waals surface area contributed by atoms with Crippen molar-refractivity contribution in [3.05, 3.63) is 82.6 Å². The van der Waals surface area contributed by atoms with E-state index in [0.717, 1.165) is 22.6 Å². The van der Waals surface area contributed by atoms with Gasteiger partial charge in [0.25, 0.3) is 0 Å². The van der Waals surface area contributed by atoms with Gasteiger partial charge in [0, 0.05) is 16.9 Å². The van der Waals surface area contributed by atoms with Gasteiger partial charge in [-0.2, -0.15) is 0 Å². The topological polar surface area (TPSA) is 43.6 Å². The highest BCUT2D eigenvalue weighted by atomic mass is 35.5. The van der Waals surface area contributed by atoms with E-state index in [1.165, 1.54) is 7.11 Å². The van der Waals surface area contributed by atoms with E-state index in [0.29, 0.717) is 10.6 Å². The molecule has 0 N–H and O–H groups in total. The van der Waals surface area contributed by atoms with Crippen molar-refractivity contribution in [2.45, 2.75) is 6.92 Å². The molecular formula is C20H17ClN2O2. The molecule has 0 bridgehead atoms. The Balaban J connectivity index is 1.93. The molecule has 1 heterocycles. The number of esters is 1. The van der Waals surface area contributed by atoms with Crippen LogP contribution in [0, 0.1) is 6.92 Å². The summed E-state index contributed by atoms with van der Waals surface area (Å²) in [6.45, 7) is 1.86. The smallest absolute Gasteiger partial charge is 0.338 e. The molecule has 3 rings (SSSR count). The van der Waals surface area contributed by atoms with Crippen LogP contribution in [-0.4, -0.2) is 23.9 Å². The van der Waals surface area contributed by atoms with E-state index in [2.05, 4.69) is 4.99 Å². The van der Waals surface area contributed by atoms with Gasteiger partial charge >= 0.3 is 5.97 Å². The van der Waals surface area contributed by atoms with Gasteiger partial charge in [-0.25, -0.2) is 4.79 Å². The van der Waals surface area contributed by atoms with E-state index in [9.17, 15) is 4.79 Å². The number of carbonyl (C=O) groups excluding carboxylic acids is 1. The summed E-state index contributed by atoms with van der Waals surface area (Å²) in [5.74, 6) is -0.362. The molecule has 0 aliphatic carbocycles. The third-order valence-corrected chi connectivity index (χ3v) is 4.18. The summed E-state index contributed by atoms with van der Waals surface area (Å²) in [7, 11) is 1.37. The van der Waals surface area contributed by atoms with Crippen LogP contribution in [0.3, 0.4) is 0 Å². The Bertz CT molecular complexity index is 927. The molecule has 0 amide bonds. The zero-order valence-electron chi connectivity index (χ0n) is 13.9. The number of aromatic nitrogens is 1. The number of ether oxygens (including phenoxy) is 1. The second kappa shape index (κ2) is 7.36. The van der Waals surface area contributed by atoms with Crippen molar-refractivity contribution in [1.82, 2.24) is 4.57 Å². The molecule has 0 aliphatic rings. The minimum absolute atomic E-state index is 0.362. The minimum atomic E-state index is -0.362. The zero-order chi connectivity index (χ0) is 17.8.